The second-order valence-electron chi connectivity index (χ2n) is 5.58. The summed E-state index contributed by atoms with van der Waals surface area (Å²) >= 11 is 0. The van der Waals surface area contributed by atoms with Crippen molar-refractivity contribution in [3.8, 4) is 5.75 Å². The molecule has 2 rings (SSSR count). The monoisotopic (exact) mass is 305 g/mol. The van der Waals surface area contributed by atoms with E-state index in [4.69, 9.17) is 9.84 Å². The minimum absolute atomic E-state index is 0.0399. The highest BCUT2D eigenvalue weighted by Gasteiger charge is 2.30. The zero-order valence-electron chi connectivity index (χ0n) is 13.0. The van der Waals surface area contributed by atoms with Crippen molar-refractivity contribution in [3.05, 3.63) is 29.8 Å². The number of likely N-dealkylation sites (tertiary alicyclic amines) is 1. The van der Waals surface area contributed by atoms with Crippen LogP contribution in [-0.4, -0.2) is 47.5 Å². The van der Waals surface area contributed by atoms with E-state index in [1.54, 1.807) is 24.3 Å². The van der Waals surface area contributed by atoms with E-state index < -0.39 is 12.0 Å². The summed E-state index contributed by atoms with van der Waals surface area (Å²) in [6, 6.07) is 6.72. The predicted octanol–water partition coefficient (Wildman–Crippen LogP) is 2.60. The van der Waals surface area contributed by atoms with Crippen LogP contribution in [0.4, 0.5) is 0 Å². The van der Waals surface area contributed by atoms with Crippen LogP contribution in [0.25, 0.3) is 0 Å². The number of Topliss-reactive ketones (excluding diaryl/α,β-unsaturated/α-hetero) is 1. The Labute approximate surface area is 130 Å². The fourth-order valence-electron chi connectivity index (χ4n) is 2.72. The normalized spacial score (nSPS) is 18.3. The molecule has 1 saturated heterocycles. The van der Waals surface area contributed by atoms with Crippen molar-refractivity contribution in [1.29, 1.82) is 0 Å². The van der Waals surface area contributed by atoms with Gasteiger partial charge in [-0.25, -0.2) is 0 Å². The summed E-state index contributed by atoms with van der Waals surface area (Å²) in [5.41, 5.74) is 0.648. The molecule has 1 aliphatic heterocycles. The molecular formula is C17H23NO4. The second kappa shape index (κ2) is 7.94. The number of carboxylic acid groups (broad SMARTS) is 1. The largest absolute Gasteiger partial charge is 0.494 e. The molecule has 120 valence electrons. The molecule has 1 unspecified atom stereocenters. The van der Waals surface area contributed by atoms with Gasteiger partial charge >= 0.3 is 5.97 Å². The molecule has 1 aromatic rings. The molecule has 0 aromatic heterocycles. The van der Waals surface area contributed by atoms with E-state index >= 15 is 0 Å². The van der Waals surface area contributed by atoms with Crippen LogP contribution in [0.2, 0.25) is 0 Å². The van der Waals surface area contributed by atoms with E-state index in [1.807, 2.05) is 11.8 Å². The molecular weight excluding hydrogens is 282 g/mol. The lowest BCUT2D eigenvalue weighted by Crippen LogP contribution is -2.37. The molecule has 1 N–H and O–H groups in total. The zero-order chi connectivity index (χ0) is 15.9. The van der Waals surface area contributed by atoms with Crippen LogP contribution in [0.15, 0.2) is 24.3 Å². The van der Waals surface area contributed by atoms with E-state index in [0.717, 1.165) is 25.1 Å². The van der Waals surface area contributed by atoms with E-state index in [9.17, 15) is 9.59 Å². The van der Waals surface area contributed by atoms with E-state index in [0.29, 0.717) is 31.6 Å². The maximum Gasteiger partial charge on any atom is 0.320 e. The first-order valence-corrected chi connectivity index (χ1v) is 7.84. The fourth-order valence-corrected chi connectivity index (χ4v) is 2.72. The average Bonchev–Trinajstić information content (AvgIpc) is 3.00. The quantitative estimate of drug-likeness (QED) is 0.748. The molecule has 0 radical (unpaired) electrons. The number of rotatable bonds is 8. The van der Waals surface area contributed by atoms with Crippen molar-refractivity contribution < 1.29 is 19.4 Å². The Hall–Kier alpha value is -1.88. The van der Waals surface area contributed by atoms with Gasteiger partial charge < -0.3 is 9.84 Å². The topological polar surface area (TPSA) is 66.8 Å². The zero-order valence-corrected chi connectivity index (χ0v) is 13.0. The molecule has 0 amide bonds. The van der Waals surface area contributed by atoms with Crippen LogP contribution < -0.4 is 4.74 Å². The van der Waals surface area contributed by atoms with Gasteiger partial charge in [0.2, 0.25) is 0 Å². The number of benzene rings is 1. The second-order valence-corrected chi connectivity index (χ2v) is 5.58. The third-order valence-corrected chi connectivity index (χ3v) is 3.92. The Morgan fingerprint density at radius 1 is 1.32 bits per heavy atom. The third-order valence-electron chi connectivity index (χ3n) is 3.92. The molecule has 0 saturated carbocycles. The van der Waals surface area contributed by atoms with Gasteiger partial charge in [0.15, 0.2) is 5.78 Å². The first kappa shape index (κ1) is 16.5. The van der Waals surface area contributed by atoms with Crippen LogP contribution in [0.5, 0.6) is 5.75 Å². The minimum Gasteiger partial charge on any atom is -0.494 e. The van der Waals surface area contributed by atoms with Crippen LogP contribution >= 0.6 is 0 Å². The first-order valence-electron chi connectivity index (χ1n) is 7.84. The summed E-state index contributed by atoms with van der Waals surface area (Å²) in [7, 11) is 0. The number of carboxylic acids is 1. The molecule has 1 aliphatic rings. The standard InChI is InChI=1S/C17H23NO4/c1-2-12-22-14-7-5-13(6-8-14)16(19)9-11-18-10-3-4-15(18)17(20)21/h5-8,15H,2-4,9-12H2,1H3,(H,20,21). The Morgan fingerprint density at radius 2 is 2.05 bits per heavy atom. The summed E-state index contributed by atoms with van der Waals surface area (Å²) in [6.45, 7) is 3.97. The van der Waals surface area contributed by atoms with Gasteiger partial charge in [0.1, 0.15) is 11.8 Å². The third kappa shape index (κ3) is 4.31. The number of carbonyl (C=O) groups is 2. The fraction of sp³-hybridized carbons (Fsp3) is 0.529. The minimum atomic E-state index is -0.789. The van der Waals surface area contributed by atoms with E-state index in [-0.39, 0.29) is 5.78 Å². The molecule has 22 heavy (non-hydrogen) atoms. The maximum absolute atomic E-state index is 12.2. The molecule has 1 heterocycles. The summed E-state index contributed by atoms with van der Waals surface area (Å²) in [5, 5.41) is 9.13. The van der Waals surface area contributed by atoms with Crippen molar-refractivity contribution >= 4 is 11.8 Å². The smallest absolute Gasteiger partial charge is 0.320 e. The van der Waals surface area contributed by atoms with Crippen molar-refractivity contribution in [1.82, 2.24) is 4.90 Å². The molecule has 5 heteroatoms. The van der Waals surface area contributed by atoms with Crippen LogP contribution in [0.3, 0.4) is 0 Å². The van der Waals surface area contributed by atoms with Gasteiger partial charge in [0.05, 0.1) is 6.61 Å². The van der Waals surface area contributed by atoms with Crippen LogP contribution in [0, 0.1) is 0 Å². The van der Waals surface area contributed by atoms with E-state index in [1.165, 1.54) is 0 Å². The molecule has 1 aromatic carbocycles. The molecule has 0 aliphatic carbocycles. The summed E-state index contributed by atoms with van der Waals surface area (Å²) < 4.78 is 5.49. The maximum atomic E-state index is 12.2. The number of hydrogen-bond acceptors (Lipinski definition) is 4. The van der Waals surface area contributed by atoms with Gasteiger partial charge in [-0.3, -0.25) is 14.5 Å². The number of hydrogen-bond donors (Lipinski definition) is 1. The Morgan fingerprint density at radius 3 is 2.68 bits per heavy atom. The molecule has 0 spiro atoms. The predicted molar refractivity (Wildman–Crippen MR) is 83.4 cm³/mol. The molecule has 0 bridgehead atoms. The summed E-state index contributed by atoms with van der Waals surface area (Å²) in [4.78, 5) is 25.2. The highest BCUT2D eigenvalue weighted by atomic mass is 16.5. The first-order chi connectivity index (χ1) is 10.6. The van der Waals surface area contributed by atoms with Gasteiger partial charge in [0.25, 0.3) is 0 Å². The van der Waals surface area contributed by atoms with Crippen LogP contribution in [-0.2, 0) is 4.79 Å². The number of nitrogens with zero attached hydrogens (tertiary/aromatic N) is 1. The van der Waals surface area contributed by atoms with Gasteiger partial charge in [-0.1, -0.05) is 6.92 Å². The summed E-state index contributed by atoms with van der Waals surface area (Å²) in [6.07, 6.45) is 2.85. The number of ketones is 1. The molecule has 1 fully saturated rings. The summed E-state index contributed by atoms with van der Waals surface area (Å²) in [5.74, 6) is 0.0179. The van der Waals surface area contributed by atoms with Crippen molar-refractivity contribution in [2.75, 3.05) is 19.7 Å². The average molecular weight is 305 g/mol. The lowest BCUT2D eigenvalue weighted by molar-refractivity contribution is -0.142. The number of carbonyl (C=O) groups excluding carboxylic acids is 1. The van der Waals surface area contributed by atoms with Gasteiger partial charge in [-0.2, -0.15) is 0 Å². The highest BCUT2D eigenvalue weighted by Crippen LogP contribution is 2.19. The van der Waals surface area contributed by atoms with Crippen LogP contribution in [0.1, 0.15) is 43.0 Å². The van der Waals surface area contributed by atoms with Gasteiger partial charge in [-0.05, 0) is 50.1 Å². The number of ether oxygens (including phenoxy) is 1. The Bertz CT molecular complexity index is 512. The molecule has 1 atom stereocenters. The van der Waals surface area contributed by atoms with Crippen molar-refractivity contribution in [2.45, 2.75) is 38.6 Å². The number of aliphatic carboxylic acids is 1. The Kier molecular flexibility index (Phi) is 5.95. The molecule has 5 nitrogen and oxygen atoms in total. The SMILES string of the molecule is CCCOc1ccc(C(=O)CCN2CCCC2C(=O)O)cc1. The van der Waals surface area contributed by atoms with Crippen molar-refractivity contribution in [2.24, 2.45) is 0 Å². The lowest BCUT2D eigenvalue weighted by Gasteiger charge is -2.20. The highest BCUT2D eigenvalue weighted by molar-refractivity contribution is 5.96. The van der Waals surface area contributed by atoms with E-state index in [2.05, 4.69) is 0 Å². The van der Waals surface area contributed by atoms with Crippen molar-refractivity contribution in [3.63, 3.8) is 0 Å². The Balaban J connectivity index is 1.85. The lowest BCUT2D eigenvalue weighted by atomic mass is 10.1. The van der Waals surface area contributed by atoms with Gasteiger partial charge in [-0.15, -0.1) is 0 Å². The van der Waals surface area contributed by atoms with Gasteiger partial charge in [0, 0.05) is 18.5 Å².